The summed E-state index contributed by atoms with van der Waals surface area (Å²) in [4.78, 5) is 22.6. The van der Waals surface area contributed by atoms with E-state index in [1.54, 1.807) is 0 Å². The van der Waals surface area contributed by atoms with Crippen LogP contribution in [0.5, 0.6) is 0 Å². The number of carbonyl (C=O) groups excluding carboxylic acids is 2. The van der Waals surface area contributed by atoms with Crippen molar-refractivity contribution in [3.63, 3.8) is 0 Å². The first-order valence-electron chi connectivity index (χ1n) is 7.14. The minimum absolute atomic E-state index is 0.0982. The molecule has 0 fully saturated rings. The number of carbonyl (C=O) groups is 2. The predicted molar refractivity (Wildman–Crippen MR) is 83.2 cm³/mol. The van der Waals surface area contributed by atoms with Gasteiger partial charge in [0.25, 0.3) is 0 Å². The topological polar surface area (TPSA) is 84.2 Å². The first-order chi connectivity index (χ1) is 10.6. The molecule has 0 atom stereocenters. The molecule has 0 aliphatic heterocycles. The molecule has 2 N–H and O–H groups in total. The second kappa shape index (κ2) is 7.40. The summed E-state index contributed by atoms with van der Waals surface area (Å²) in [6, 6.07) is 9.64. The number of hydrogen-bond donors (Lipinski definition) is 2. The van der Waals surface area contributed by atoms with E-state index in [1.807, 2.05) is 37.3 Å². The van der Waals surface area contributed by atoms with E-state index in [0.29, 0.717) is 31.0 Å². The molecule has 0 bridgehead atoms. The maximum Gasteiger partial charge on any atom is 0.234 e. The lowest BCUT2D eigenvalue weighted by Crippen LogP contribution is -2.22. The van der Waals surface area contributed by atoms with Gasteiger partial charge in [-0.1, -0.05) is 35.5 Å². The second-order valence-corrected chi connectivity index (χ2v) is 4.99. The van der Waals surface area contributed by atoms with Gasteiger partial charge < -0.3 is 9.84 Å². The van der Waals surface area contributed by atoms with Crippen LogP contribution in [0.15, 0.2) is 34.9 Å². The molecule has 0 aliphatic rings. The van der Waals surface area contributed by atoms with E-state index in [1.165, 1.54) is 6.92 Å². The highest BCUT2D eigenvalue weighted by Gasteiger charge is 2.15. The van der Waals surface area contributed by atoms with Crippen LogP contribution in [0.25, 0.3) is 11.3 Å². The Labute approximate surface area is 128 Å². The van der Waals surface area contributed by atoms with Crippen LogP contribution in [0.3, 0.4) is 0 Å². The summed E-state index contributed by atoms with van der Waals surface area (Å²) >= 11 is 0. The summed E-state index contributed by atoms with van der Waals surface area (Å²) < 4.78 is 5.21. The third kappa shape index (κ3) is 4.18. The number of nitrogens with zero attached hydrogens (tertiary/aromatic N) is 1. The van der Waals surface area contributed by atoms with Gasteiger partial charge in [-0.25, -0.2) is 0 Å². The summed E-state index contributed by atoms with van der Waals surface area (Å²) in [5.74, 6) is 0.103. The van der Waals surface area contributed by atoms with Crippen LogP contribution in [-0.4, -0.2) is 23.5 Å². The fourth-order valence-corrected chi connectivity index (χ4v) is 2.02. The zero-order valence-corrected chi connectivity index (χ0v) is 12.7. The fraction of sp³-hybridized carbons (Fsp3) is 0.312. The maximum absolute atomic E-state index is 11.8. The number of anilines is 1. The Hall–Kier alpha value is -2.63. The summed E-state index contributed by atoms with van der Waals surface area (Å²) in [5, 5.41) is 9.37. The van der Waals surface area contributed by atoms with Gasteiger partial charge in [-0.15, -0.1) is 0 Å². The van der Waals surface area contributed by atoms with Crippen LogP contribution in [0, 0.1) is 6.92 Å². The van der Waals surface area contributed by atoms with Crippen molar-refractivity contribution in [1.82, 2.24) is 10.5 Å². The lowest BCUT2D eigenvalue weighted by atomic mass is 10.1. The summed E-state index contributed by atoms with van der Waals surface area (Å²) in [6.45, 7) is 3.78. The molecule has 6 heteroatoms. The van der Waals surface area contributed by atoms with Crippen molar-refractivity contribution in [2.45, 2.75) is 26.7 Å². The average molecular weight is 301 g/mol. The van der Waals surface area contributed by atoms with Crippen molar-refractivity contribution in [3.8, 4) is 11.3 Å². The molecular weight excluding hydrogens is 282 g/mol. The number of amides is 2. The highest BCUT2D eigenvalue weighted by atomic mass is 16.5. The highest BCUT2D eigenvalue weighted by Crippen LogP contribution is 2.27. The van der Waals surface area contributed by atoms with E-state index in [2.05, 4.69) is 15.8 Å². The second-order valence-electron chi connectivity index (χ2n) is 4.99. The van der Waals surface area contributed by atoms with E-state index >= 15 is 0 Å². The van der Waals surface area contributed by atoms with Crippen LogP contribution in [0.4, 0.5) is 5.88 Å². The van der Waals surface area contributed by atoms with Crippen LogP contribution >= 0.6 is 0 Å². The zero-order chi connectivity index (χ0) is 15.9. The largest absolute Gasteiger partial charge is 0.356 e. The minimum Gasteiger partial charge on any atom is -0.356 e. The number of benzene rings is 1. The normalized spacial score (nSPS) is 10.3. The Morgan fingerprint density at radius 2 is 1.95 bits per heavy atom. The lowest BCUT2D eigenvalue weighted by molar-refractivity contribution is -0.119. The molecule has 2 rings (SSSR count). The van der Waals surface area contributed by atoms with Crippen molar-refractivity contribution in [1.29, 1.82) is 0 Å². The van der Waals surface area contributed by atoms with E-state index < -0.39 is 0 Å². The van der Waals surface area contributed by atoms with Gasteiger partial charge in [0.15, 0.2) is 0 Å². The third-order valence-corrected chi connectivity index (χ3v) is 3.18. The molecule has 1 aromatic heterocycles. The van der Waals surface area contributed by atoms with Gasteiger partial charge >= 0.3 is 0 Å². The predicted octanol–water partition coefficient (Wildman–Crippen LogP) is 2.50. The highest BCUT2D eigenvalue weighted by molar-refractivity contribution is 5.90. The molecule has 2 aromatic rings. The van der Waals surface area contributed by atoms with Crippen molar-refractivity contribution >= 4 is 17.7 Å². The molecular formula is C16H19N3O3. The maximum atomic E-state index is 11.8. The van der Waals surface area contributed by atoms with E-state index in [9.17, 15) is 9.59 Å². The fourth-order valence-electron chi connectivity index (χ4n) is 2.02. The quantitative estimate of drug-likeness (QED) is 0.803. The van der Waals surface area contributed by atoms with Crippen molar-refractivity contribution < 1.29 is 14.1 Å². The Morgan fingerprint density at radius 1 is 1.23 bits per heavy atom. The summed E-state index contributed by atoms with van der Waals surface area (Å²) in [7, 11) is 0. The zero-order valence-electron chi connectivity index (χ0n) is 12.7. The molecule has 116 valence electrons. The van der Waals surface area contributed by atoms with Crippen LogP contribution in [0.2, 0.25) is 0 Å². The van der Waals surface area contributed by atoms with Gasteiger partial charge in [0.05, 0.1) is 0 Å². The standard InChI is InChI=1S/C16H19N3O3/c1-11-15(13-7-4-3-5-8-13)19-22-16(11)18-14(21)9-6-10-17-12(2)20/h3-5,7-8H,6,9-10H2,1-2H3,(H,17,20)(H,18,21). The first kappa shape index (κ1) is 15.8. The molecule has 0 unspecified atom stereocenters. The van der Waals surface area contributed by atoms with Crippen molar-refractivity contribution in [2.75, 3.05) is 11.9 Å². The third-order valence-electron chi connectivity index (χ3n) is 3.18. The molecule has 0 spiro atoms. The Kier molecular flexibility index (Phi) is 5.30. The number of rotatable bonds is 6. The van der Waals surface area contributed by atoms with Gasteiger partial charge in [-0.3, -0.25) is 14.9 Å². The Balaban J connectivity index is 1.92. The smallest absolute Gasteiger partial charge is 0.234 e. The summed E-state index contributed by atoms with van der Waals surface area (Å²) in [6.07, 6.45) is 0.880. The van der Waals surface area contributed by atoms with Crippen molar-refractivity contribution in [2.24, 2.45) is 0 Å². The Morgan fingerprint density at radius 3 is 2.64 bits per heavy atom. The van der Waals surface area contributed by atoms with Crippen LogP contribution in [0.1, 0.15) is 25.3 Å². The Bertz CT molecular complexity index is 650. The molecule has 0 radical (unpaired) electrons. The molecule has 0 saturated heterocycles. The van der Waals surface area contributed by atoms with Gasteiger partial charge in [0.1, 0.15) is 5.69 Å². The van der Waals surface area contributed by atoms with E-state index in [4.69, 9.17) is 4.52 Å². The number of nitrogens with one attached hydrogen (secondary N) is 2. The lowest BCUT2D eigenvalue weighted by Gasteiger charge is -2.03. The first-order valence-corrected chi connectivity index (χ1v) is 7.14. The van der Waals surface area contributed by atoms with Gasteiger partial charge in [-0.2, -0.15) is 0 Å². The number of hydrogen-bond acceptors (Lipinski definition) is 4. The van der Waals surface area contributed by atoms with Gasteiger partial charge in [-0.05, 0) is 13.3 Å². The average Bonchev–Trinajstić information content (AvgIpc) is 2.85. The molecule has 1 aromatic carbocycles. The van der Waals surface area contributed by atoms with Crippen molar-refractivity contribution in [3.05, 3.63) is 35.9 Å². The van der Waals surface area contributed by atoms with E-state index in [0.717, 1.165) is 11.1 Å². The molecule has 1 heterocycles. The van der Waals surface area contributed by atoms with Gasteiger partial charge in [0.2, 0.25) is 17.7 Å². The molecule has 6 nitrogen and oxygen atoms in total. The number of aromatic nitrogens is 1. The minimum atomic E-state index is -0.163. The SMILES string of the molecule is CC(=O)NCCCC(=O)Nc1onc(-c2ccccc2)c1C. The van der Waals surface area contributed by atoms with Crippen LogP contribution in [-0.2, 0) is 9.59 Å². The van der Waals surface area contributed by atoms with Gasteiger partial charge in [0, 0.05) is 31.0 Å². The molecule has 0 aliphatic carbocycles. The monoisotopic (exact) mass is 301 g/mol. The molecule has 22 heavy (non-hydrogen) atoms. The van der Waals surface area contributed by atoms with Crippen LogP contribution < -0.4 is 10.6 Å². The van der Waals surface area contributed by atoms with E-state index in [-0.39, 0.29) is 11.8 Å². The molecule has 2 amide bonds. The molecule has 0 saturated carbocycles. The summed E-state index contributed by atoms with van der Waals surface area (Å²) in [5.41, 5.74) is 2.45.